The van der Waals surface area contributed by atoms with Gasteiger partial charge in [0.2, 0.25) is 5.95 Å². The van der Waals surface area contributed by atoms with Crippen molar-refractivity contribution in [3.05, 3.63) is 30.6 Å². The van der Waals surface area contributed by atoms with Crippen molar-refractivity contribution in [3.63, 3.8) is 0 Å². The first kappa shape index (κ1) is 16.4. The topological polar surface area (TPSA) is 88.8 Å². The number of benzene rings is 1. The monoisotopic (exact) mass is 355 g/mol. The number of anilines is 3. The van der Waals surface area contributed by atoms with Gasteiger partial charge >= 0.3 is 0 Å². The van der Waals surface area contributed by atoms with Crippen LogP contribution in [0, 0.1) is 0 Å². The molecule has 9 heteroatoms. The summed E-state index contributed by atoms with van der Waals surface area (Å²) in [6, 6.07) is 5.54. The Bertz CT molecular complexity index is 883. The maximum atomic E-state index is 5.30. The molecule has 1 aliphatic heterocycles. The second-order valence-corrected chi connectivity index (χ2v) is 5.92. The van der Waals surface area contributed by atoms with Gasteiger partial charge in [0, 0.05) is 62.5 Å². The second-order valence-electron chi connectivity index (χ2n) is 5.92. The van der Waals surface area contributed by atoms with Crippen LogP contribution in [0.2, 0.25) is 0 Å². The number of hydrogen-bond acceptors (Lipinski definition) is 8. The Morgan fingerprint density at radius 2 is 1.81 bits per heavy atom. The van der Waals surface area contributed by atoms with E-state index < -0.39 is 0 Å². The number of aromatic nitrogens is 4. The zero-order valence-corrected chi connectivity index (χ0v) is 14.8. The van der Waals surface area contributed by atoms with Crippen LogP contribution in [-0.4, -0.2) is 60.0 Å². The normalized spacial score (nSPS) is 14.5. The first-order chi connectivity index (χ1) is 12.8. The number of fused-ring (bicyclic) bond motifs is 1. The molecule has 1 saturated heterocycles. The van der Waals surface area contributed by atoms with Gasteiger partial charge in [-0.25, -0.2) is 9.50 Å². The van der Waals surface area contributed by atoms with E-state index >= 15 is 0 Å². The van der Waals surface area contributed by atoms with Gasteiger partial charge in [-0.2, -0.15) is 4.98 Å². The summed E-state index contributed by atoms with van der Waals surface area (Å²) in [5.74, 6) is 2.72. The van der Waals surface area contributed by atoms with Gasteiger partial charge in [-0.1, -0.05) is 0 Å². The molecule has 2 N–H and O–H groups in total. The summed E-state index contributed by atoms with van der Waals surface area (Å²) in [4.78, 5) is 11.4. The van der Waals surface area contributed by atoms with Crippen molar-refractivity contribution in [2.45, 2.75) is 0 Å². The average Bonchev–Trinajstić information content (AvgIpc) is 3.10. The quantitative estimate of drug-likeness (QED) is 0.708. The number of nitrogens with one attached hydrogen (secondary N) is 2. The second kappa shape index (κ2) is 7.04. The predicted molar refractivity (Wildman–Crippen MR) is 98.7 cm³/mol. The zero-order valence-electron chi connectivity index (χ0n) is 14.8. The van der Waals surface area contributed by atoms with Gasteiger partial charge in [0.15, 0.2) is 11.5 Å². The molecule has 0 spiro atoms. The van der Waals surface area contributed by atoms with Gasteiger partial charge in [0.25, 0.3) is 0 Å². The molecule has 3 heterocycles. The molecule has 1 aromatic carbocycles. The van der Waals surface area contributed by atoms with Crippen LogP contribution in [0.1, 0.15) is 0 Å². The first-order valence-electron chi connectivity index (χ1n) is 8.44. The standard InChI is InChI=1S/C17H21N7O2/c1-25-13-9-12(10-14(11-13)26-2)20-17-21-16-15(19-5-8-24(16)22-17)23-6-3-18-4-7-23/h5,8-11,18H,3-4,6-7H2,1-2H3,(H,20,22). The fourth-order valence-corrected chi connectivity index (χ4v) is 2.97. The molecule has 26 heavy (non-hydrogen) atoms. The lowest BCUT2D eigenvalue weighted by Gasteiger charge is -2.28. The number of hydrogen-bond donors (Lipinski definition) is 2. The largest absolute Gasteiger partial charge is 0.497 e. The van der Waals surface area contributed by atoms with Gasteiger partial charge in [-0.3, -0.25) is 0 Å². The van der Waals surface area contributed by atoms with Crippen LogP contribution in [-0.2, 0) is 0 Å². The van der Waals surface area contributed by atoms with Gasteiger partial charge < -0.3 is 25.0 Å². The molecule has 0 saturated carbocycles. The van der Waals surface area contributed by atoms with E-state index in [0.717, 1.165) is 43.3 Å². The number of piperazine rings is 1. The summed E-state index contributed by atoms with van der Waals surface area (Å²) in [6.45, 7) is 3.67. The predicted octanol–water partition coefficient (Wildman–Crippen LogP) is 1.29. The van der Waals surface area contributed by atoms with E-state index in [4.69, 9.17) is 9.47 Å². The summed E-state index contributed by atoms with van der Waals surface area (Å²) in [5.41, 5.74) is 1.51. The minimum absolute atomic E-state index is 0.490. The molecular weight excluding hydrogens is 334 g/mol. The van der Waals surface area contributed by atoms with Crippen LogP contribution < -0.4 is 25.0 Å². The maximum Gasteiger partial charge on any atom is 0.247 e. The molecule has 0 aliphatic carbocycles. The summed E-state index contributed by atoms with van der Waals surface area (Å²) >= 11 is 0. The van der Waals surface area contributed by atoms with Crippen molar-refractivity contribution in [2.24, 2.45) is 0 Å². The lowest BCUT2D eigenvalue weighted by atomic mass is 10.3. The highest BCUT2D eigenvalue weighted by atomic mass is 16.5. The summed E-state index contributed by atoms with van der Waals surface area (Å²) in [5, 5.41) is 11.1. The third-order valence-corrected chi connectivity index (χ3v) is 4.26. The van der Waals surface area contributed by atoms with E-state index in [9.17, 15) is 0 Å². The average molecular weight is 355 g/mol. The molecule has 2 aromatic heterocycles. The third kappa shape index (κ3) is 3.21. The molecule has 0 unspecified atom stereocenters. The van der Waals surface area contributed by atoms with Gasteiger partial charge in [-0.15, -0.1) is 5.10 Å². The van der Waals surface area contributed by atoms with Crippen molar-refractivity contribution < 1.29 is 9.47 Å². The van der Waals surface area contributed by atoms with Crippen LogP contribution in [0.25, 0.3) is 5.65 Å². The molecule has 0 atom stereocenters. The van der Waals surface area contributed by atoms with E-state index in [1.54, 1.807) is 31.1 Å². The van der Waals surface area contributed by atoms with Crippen LogP contribution in [0.15, 0.2) is 30.6 Å². The van der Waals surface area contributed by atoms with Crippen molar-refractivity contribution in [1.29, 1.82) is 0 Å². The van der Waals surface area contributed by atoms with Crippen molar-refractivity contribution in [2.75, 3.05) is 50.6 Å². The molecule has 3 aromatic rings. The molecule has 0 radical (unpaired) electrons. The minimum Gasteiger partial charge on any atom is -0.497 e. The molecule has 136 valence electrons. The fourth-order valence-electron chi connectivity index (χ4n) is 2.97. The Kier molecular flexibility index (Phi) is 4.44. The summed E-state index contributed by atoms with van der Waals surface area (Å²) < 4.78 is 12.3. The molecule has 4 rings (SSSR count). The molecular formula is C17H21N7O2. The van der Waals surface area contributed by atoms with Gasteiger partial charge in [-0.05, 0) is 0 Å². The Hall–Kier alpha value is -3.07. The smallest absolute Gasteiger partial charge is 0.247 e. The Morgan fingerprint density at radius 1 is 1.08 bits per heavy atom. The van der Waals surface area contributed by atoms with Gasteiger partial charge in [0.1, 0.15) is 11.5 Å². The van der Waals surface area contributed by atoms with E-state index in [1.165, 1.54) is 0 Å². The molecule has 1 fully saturated rings. The van der Waals surface area contributed by atoms with Gasteiger partial charge in [0.05, 0.1) is 14.2 Å². The number of ether oxygens (including phenoxy) is 2. The Morgan fingerprint density at radius 3 is 2.50 bits per heavy atom. The summed E-state index contributed by atoms with van der Waals surface area (Å²) in [6.07, 6.45) is 3.54. The van der Waals surface area contributed by atoms with Crippen molar-refractivity contribution in [3.8, 4) is 11.5 Å². The van der Waals surface area contributed by atoms with E-state index in [1.807, 2.05) is 18.2 Å². The zero-order chi connectivity index (χ0) is 17.9. The third-order valence-electron chi connectivity index (χ3n) is 4.26. The minimum atomic E-state index is 0.490. The Labute approximate surface area is 151 Å². The lowest BCUT2D eigenvalue weighted by Crippen LogP contribution is -2.44. The maximum absolute atomic E-state index is 5.30. The first-order valence-corrected chi connectivity index (χ1v) is 8.44. The number of nitrogens with zero attached hydrogens (tertiary/aromatic N) is 5. The molecule has 0 amide bonds. The lowest BCUT2D eigenvalue weighted by molar-refractivity contribution is 0.395. The van der Waals surface area contributed by atoms with Crippen LogP contribution in [0.5, 0.6) is 11.5 Å². The number of methoxy groups -OCH3 is 2. The Balaban J connectivity index is 1.66. The van der Waals surface area contributed by atoms with Crippen molar-refractivity contribution in [1.82, 2.24) is 24.9 Å². The van der Waals surface area contributed by atoms with Crippen molar-refractivity contribution >= 4 is 23.1 Å². The number of rotatable bonds is 5. The summed E-state index contributed by atoms with van der Waals surface area (Å²) in [7, 11) is 3.24. The molecule has 9 nitrogen and oxygen atoms in total. The fraction of sp³-hybridized carbons (Fsp3) is 0.353. The van der Waals surface area contributed by atoms with E-state index in [2.05, 4.69) is 30.6 Å². The molecule has 1 aliphatic rings. The highest BCUT2D eigenvalue weighted by Crippen LogP contribution is 2.28. The highest BCUT2D eigenvalue weighted by molar-refractivity contribution is 5.67. The van der Waals surface area contributed by atoms with Crippen LogP contribution in [0.4, 0.5) is 17.5 Å². The van der Waals surface area contributed by atoms with E-state index in [0.29, 0.717) is 17.4 Å². The van der Waals surface area contributed by atoms with Crippen LogP contribution in [0.3, 0.4) is 0 Å². The van der Waals surface area contributed by atoms with E-state index in [-0.39, 0.29) is 0 Å². The molecule has 0 bridgehead atoms. The highest BCUT2D eigenvalue weighted by Gasteiger charge is 2.17. The van der Waals surface area contributed by atoms with Crippen LogP contribution >= 0.6 is 0 Å². The SMILES string of the molecule is COc1cc(Nc2nc3c(N4CCNCC4)nccn3n2)cc(OC)c1.